The van der Waals surface area contributed by atoms with Crippen LogP contribution in [0.15, 0.2) is 103 Å². The van der Waals surface area contributed by atoms with Crippen molar-refractivity contribution in [3.63, 3.8) is 0 Å². The van der Waals surface area contributed by atoms with Gasteiger partial charge in [-0.1, -0.05) is 89.9 Å². The molecule has 2 amide bonds. The van der Waals surface area contributed by atoms with E-state index in [1.54, 1.807) is 6.92 Å². The van der Waals surface area contributed by atoms with Crippen molar-refractivity contribution in [1.82, 2.24) is 24.8 Å². The lowest BCUT2D eigenvalue weighted by Gasteiger charge is -2.33. The van der Waals surface area contributed by atoms with E-state index in [1.165, 1.54) is 0 Å². The van der Waals surface area contributed by atoms with Gasteiger partial charge in [0.15, 0.2) is 0 Å². The van der Waals surface area contributed by atoms with Crippen molar-refractivity contribution in [3.8, 4) is 22.5 Å². The number of carbonyl (C=O) groups excluding carboxylic acids is 2. The number of hydrogen-bond acceptors (Lipinski definition) is 4. The zero-order chi connectivity index (χ0) is 34.8. The van der Waals surface area contributed by atoms with Crippen molar-refractivity contribution < 1.29 is 9.59 Å². The number of carbonyl (C=O) groups is 2. The molecule has 2 atom stereocenters. The van der Waals surface area contributed by atoms with Gasteiger partial charge in [-0.05, 0) is 67.8 Å². The minimum atomic E-state index is -0.277. The Morgan fingerprint density at radius 1 is 0.960 bits per heavy atom. The molecule has 6 aromatic rings. The van der Waals surface area contributed by atoms with Crippen molar-refractivity contribution >= 4 is 51.6 Å². The number of likely N-dealkylation sites (tertiary alicyclic amines) is 1. The van der Waals surface area contributed by atoms with Crippen molar-refractivity contribution in [3.05, 3.63) is 130 Å². The fourth-order valence-corrected chi connectivity index (χ4v) is 7.31. The molecule has 3 N–H and O–H groups in total. The van der Waals surface area contributed by atoms with Gasteiger partial charge < -0.3 is 20.2 Å². The minimum absolute atomic E-state index is 0.0146. The van der Waals surface area contributed by atoms with E-state index in [0.29, 0.717) is 22.3 Å². The van der Waals surface area contributed by atoms with Gasteiger partial charge in [0.1, 0.15) is 5.69 Å². The number of H-pyrrole nitrogens is 1. The lowest BCUT2D eigenvalue weighted by atomic mass is 9.99. The SMILES string of the molecule is CC(=O)N[C@@H]1CCCN(Cc2ccccc2NC(=O)c2[nH]c3cc(Cl)ccc3c2-c2c(-c3ccccc3)ncn2[C@@H](C)c2ccc(Cl)cc2)C1. The summed E-state index contributed by atoms with van der Waals surface area (Å²) >= 11 is 12.7. The van der Waals surface area contributed by atoms with Gasteiger partial charge >= 0.3 is 0 Å². The number of nitrogens with one attached hydrogen (secondary N) is 3. The normalized spacial score (nSPS) is 15.6. The molecule has 1 aliphatic rings. The predicted octanol–water partition coefficient (Wildman–Crippen LogP) is 8.97. The summed E-state index contributed by atoms with van der Waals surface area (Å²) in [7, 11) is 0. The maximum absolute atomic E-state index is 14.6. The number of piperidine rings is 1. The number of rotatable bonds is 9. The molecule has 1 fully saturated rings. The molecule has 0 radical (unpaired) electrons. The van der Waals surface area contributed by atoms with Crippen LogP contribution in [0.1, 0.15) is 54.3 Å². The molecule has 2 aromatic heterocycles. The Labute approximate surface area is 301 Å². The predicted molar refractivity (Wildman–Crippen MR) is 202 cm³/mol. The first-order valence-electron chi connectivity index (χ1n) is 16.8. The van der Waals surface area contributed by atoms with Crippen LogP contribution in [0.4, 0.5) is 5.69 Å². The smallest absolute Gasteiger partial charge is 0.272 e. The number of anilines is 1. The fourth-order valence-electron chi connectivity index (χ4n) is 7.01. The van der Waals surface area contributed by atoms with E-state index in [2.05, 4.69) is 32.0 Å². The molecule has 10 heteroatoms. The Hall–Kier alpha value is -4.89. The van der Waals surface area contributed by atoms with Crippen molar-refractivity contribution in [1.29, 1.82) is 0 Å². The third kappa shape index (κ3) is 7.05. The zero-order valence-electron chi connectivity index (χ0n) is 27.9. The van der Waals surface area contributed by atoms with E-state index in [9.17, 15) is 9.59 Å². The summed E-state index contributed by atoms with van der Waals surface area (Å²) < 4.78 is 2.12. The van der Waals surface area contributed by atoms with Gasteiger partial charge in [-0.3, -0.25) is 14.5 Å². The number of nitrogens with zero attached hydrogens (tertiary/aromatic N) is 3. The highest BCUT2D eigenvalue weighted by atomic mass is 35.5. The first-order chi connectivity index (χ1) is 24.2. The average Bonchev–Trinajstić information content (AvgIpc) is 3.71. The Kier molecular flexibility index (Phi) is 9.76. The van der Waals surface area contributed by atoms with Crippen LogP contribution in [0.25, 0.3) is 33.4 Å². The molecule has 8 nitrogen and oxygen atoms in total. The van der Waals surface area contributed by atoms with Crippen LogP contribution in [-0.4, -0.2) is 50.4 Å². The number of benzene rings is 4. The molecule has 7 rings (SSSR count). The van der Waals surface area contributed by atoms with Crippen LogP contribution in [0.5, 0.6) is 0 Å². The summed E-state index contributed by atoms with van der Waals surface area (Å²) in [5.41, 5.74) is 7.16. The van der Waals surface area contributed by atoms with Crippen molar-refractivity contribution in [2.75, 3.05) is 18.4 Å². The molecule has 0 aliphatic carbocycles. The second-order valence-corrected chi connectivity index (χ2v) is 13.8. The topological polar surface area (TPSA) is 95.1 Å². The molecule has 1 saturated heterocycles. The Morgan fingerprint density at radius 3 is 2.48 bits per heavy atom. The number of hydrogen-bond donors (Lipinski definition) is 3. The minimum Gasteiger partial charge on any atom is -0.352 e. The Morgan fingerprint density at radius 2 is 1.70 bits per heavy atom. The molecule has 1 aliphatic heterocycles. The summed E-state index contributed by atoms with van der Waals surface area (Å²) in [5, 5.41) is 8.39. The van der Waals surface area contributed by atoms with Gasteiger partial charge in [-0.2, -0.15) is 0 Å². The number of para-hydroxylation sites is 1. The number of aromatic nitrogens is 3. The third-order valence-corrected chi connectivity index (χ3v) is 9.89. The summed E-state index contributed by atoms with van der Waals surface area (Å²) in [6.07, 6.45) is 3.79. The maximum Gasteiger partial charge on any atom is 0.272 e. The molecule has 3 heterocycles. The van der Waals surface area contributed by atoms with Gasteiger partial charge in [0, 0.05) is 63.8 Å². The van der Waals surface area contributed by atoms with Gasteiger partial charge in [0.25, 0.3) is 5.91 Å². The summed E-state index contributed by atoms with van der Waals surface area (Å²) in [4.78, 5) is 37.0. The molecule has 254 valence electrons. The van der Waals surface area contributed by atoms with E-state index < -0.39 is 0 Å². The second kappa shape index (κ2) is 14.5. The molecule has 50 heavy (non-hydrogen) atoms. The van der Waals surface area contributed by atoms with Crippen LogP contribution in [0, 0.1) is 0 Å². The zero-order valence-corrected chi connectivity index (χ0v) is 29.4. The van der Waals surface area contributed by atoms with Crippen molar-refractivity contribution in [2.24, 2.45) is 0 Å². The summed E-state index contributed by atoms with van der Waals surface area (Å²) in [6, 6.07) is 31.3. The van der Waals surface area contributed by atoms with E-state index in [4.69, 9.17) is 28.2 Å². The van der Waals surface area contributed by atoms with Crippen LogP contribution < -0.4 is 10.6 Å². The largest absolute Gasteiger partial charge is 0.352 e. The molecule has 0 saturated carbocycles. The number of fused-ring (bicyclic) bond motifs is 1. The molecular formula is C40H38Cl2N6O2. The molecule has 0 unspecified atom stereocenters. The molecule has 0 bridgehead atoms. The van der Waals surface area contributed by atoms with E-state index in [-0.39, 0.29) is 23.9 Å². The Bertz CT molecular complexity index is 2160. The molecular weight excluding hydrogens is 667 g/mol. The number of halogens is 2. The summed E-state index contributed by atoms with van der Waals surface area (Å²) in [5.74, 6) is -0.292. The molecule has 0 spiro atoms. The second-order valence-electron chi connectivity index (χ2n) is 12.9. The molecule has 4 aromatic carbocycles. The number of amides is 2. The van der Waals surface area contributed by atoms with Gasteiger partial charge in [0.2, 0.25) is 5.91 Å². The lowest BCUT2D eigenvalue weighted by Crippen LogP contribution is -2.46. The van der Waals surface area contributed by atoms with E-state index in [0.717, 1.165) is 76.2 Å². The lowest BCUT2D eigenvalue weighted by molar-refractivity contribution is -0.120. The van der Waals surface area contributed by atoms with Crippen LogP contribution >= 0.6 is 23.2 Å². The monoisotopic (exact) mass is 704 g/mol. The first kappa shape index (κ1) is 33.6. The number of imidazole rings is 1. The van der Waals surface area contributed by atoms with Gasteiger partial charge in [-0.15, -0.1) is 0 Å². The van der Waals surface area contributed by atoms with E-state index in [1.807, 2.05) is 103 Å². The highest BCUT2D eigenvalue weighted by Gasteiger charge is 2.28. The third-order valence-electron chi connectivity index (χ3n) is 9.41. The van der Waals surface area contributed by atoms with Crippen molar-refractivity contribution in [2.45, 2.75) is 45.3 Å². The summed E-state index contributed by atoms with van der Waals surface area (Å²) in [6.45, 7) is 5.99. The quantitative estimate of drug-likeness (QED) is 0.140. The Balaban J connectivity index is 1.31. The highest BCUT2D eigenvalue weighted by molar-refractivity contribution is 6.31. The van der Waals surface area contributed by atoms with Crippen LogP contribution in [0.3, 0.4) is 0 Å². The average molecular weight is 706 g/mol. The fraction of sp³-hybridized carbons (Fsp3) is 0.225. The standard InChI is InChI=1S/C40H38Cl2N6O2/c1-25(27-14-16-30(41)17-15-27)48-24-43-37(28-9-4-3-5-10-28)39(48)36-33-19-18-31(42)21-35(33)45-38(36)40(50)46-34-13-7-6-11-29(34)22-47-20-8-12-32(23-47)44-26(2)49/h3-7,9-11,13-19,21,24-25,32,45H,8,12,20,22-23H2,1-2H3,(H,44,49)(H,46,50)/t25-,32+/m0/s1. The van der Waals surface area contributed by atoms with E-state index >= 15 is 0 Å². The van der Waals surface area contributed by atoms with Gasteiger partial charge in [-0.25, -0.2) is 4.98 Å². The highest BCUT2D eigenvalue weighted by Crippen LogP contribution is 2.41. The van der Waals surface area contributed by atoms with Gasteiger partial charge in [0.05, 0.1) is 23.8 Å². The van der Waals surface area contributed by atoms with Crippen LogP contribution in [-0.2, 0) is 11.3 Å². The first-order valence-corrected chi connectivity index (χ1v) is 17.6. The maximum atomic E-state index is 14.6. The number of aromatic amines is 1. The van der Waals surface area contributed by atoms with Crippen LogP contribution in [0.2, 0.25) is 10.0 Å².